The maximum atomic E-state index is 13.5. The van der Waals surface area contributed by atoms with Crippen molar-refractivity contribution in [2.24, 2.45) is 0 Å². The van der Waals surface area contributed by atoms with E-state index in [4.69, 9.17) is 20.3 Å². The Morgan fingerprint density at radius 1 is 1.48 bits per heavy atom. The van der Waals surface area contributed by atoms with Crippen LogP contribution in [0.25, 0.3) is 11.0 Å². The number of aromatic nitrogens is 3. The van der Waals surface area contributed by atoms with Crippen LogP contribution in [0.3, 0.4) is 0 Å². The molecule has 1 saturated heterocycles. The predicted octanol–water partition coefficient (Wildman–Crippen LogP) is -0.729. The highest BCUT2D eigenvalue weighted by Gasteiger charge is 2.39. The van der Waals surface area contributed by atoms with Crippen molar-refractivity contribution in [2.75, 3.05) is 12.3 Å². The summed E-state index contributed by atoms with van der Waals surface area (Å²) in [7, 11) is -4.72. The normalized spacial score (nSPS) is 27.7. The maximum absolute atomic E-state index is 13.5. The first kappa shape index (κ1) is 18.1. The number of aliphatic hydroxyl groups excluding tert-OH is 2. The molecule has 0 amide bonds. The molecule has 0 spiro atoms. The van der Waals surface area contributed by atoms with Crippen molar-refractivity contribution in [1.29, 1.82) is 0 Å². The Morgan fingerprint density at radius 2 is 2.20 bits per heavy atom. The lowest BCUT2D eigenvalue weighted by Crippen LogP contribution is -2.46. The molecular weight excluding hydrogens is 362 g/mol. The molecule has 3 rings (SSSR count). The number of nitrogens with two attached hydrogens (primary N) is 1. The minimum absolute atomic E-state index is 0.109. The fourth-order valence-corrected chi connectivity index (χ4v) is 3.04. The Balaban J connectivity index is 1.90. The number of hydrogen-bond donors (Lipinski definition) is 5. The van der Waals surface area contributed by atoms with Gasteiger partial charge >= 0.3 is 7.82 Å². The molecule has 13 heteroatoms. The van der Waals surface area contributed by atoms with Crippen molar-refractivity contribution < 1.29 is 38.2 Å². The van der Waals surface area contributed by atoms with Crippen LogP contribution in [0.1, 0.15) is 12.6 Å². The summed E-state index contributed by atoms with van der Waals surface area (Å²) < 4.78 is 35.5. The third kappa shape index (κ3) is 3.80. The van der Waals surface area contributed by atoms with Crippen molar-refractivity contribution in [3.05, 3.63) is 18.3 Å². The lowest BCUT2D eigenvalue weighted by atomic mass is 10.0. The van der Waals surface area contributed by atoms with E-state index in [-0.39, 0.29) is 23.3 Å². The van der Waals surface area contributed by atoms with Gasteiger partial charge in [-0.2, -0.15) is 4.39 Å². The van der Waals surface area contributed by atoms with Gasteiger partial charge in [0.1, 0.15) is 11.6 Å². The van der Waals surface area contributed by atoms with Gasteiger partial charge in [-0.25, -0.2) is 14.5 Å². The zero-order chi connectivity index (χ0) is 18.4. The third-order valence-corrected chi connectivity index (χ3v) is 4.27. The van der Waals surface area contributed by atoms with Gasteiger partial charge in [-0.3, -0.25) is 4.52 Å². The van der Waals surface area contributed by atoms with Crippen LogP contribution >= 0.6 is 7.82 Å². The van der Waals surface area contributed by atoms with Gasteiger partial charge < -0.3 is 35.0 Å². The first-order valence-electron chi connectivity index (χ1n) is 7.16. The Labute approximate surface area is 140 Å². The Morgan fingerprint density at radius 3 is 2.88 bits per heavy atom. The summed E-state index contributed by atoms with van der Waals surface area (Å²) in [6.07, 6.45) is -3.64. The summed E-state index contributed by atoms with van der Waals surface area (Å²) in [6, 6.07) is 1.04. The molecule has 25 heavy (non-hydrogen) atoms. The van der Waals surface area contributed by atoms with E-state index in [1.807, 2.05) is 0 Å². The number of imidazole rings is 1. The van der Waals surface area contributed by atoms with Crippen LogP contribution in [0.15, 0.2) is 12.4 Å². The summed E-state index contributed by atoms with van der Waals surface area (Å²) in [5.74, 6) is -1.01. The SMILES string of the molecule is Nc1nc(F)cc2c1ncn2C1OC(COP(=O)(O)O)CC(O)C1O. The van der Waals surface area contributed by atoms with Gasteiger partial charge in [0.05, 0.1) is 30.7 Å². The van der Waals surface area contributed by atoms with E-state index in [1.165, 1.54) is 10.9 Å². The highest BCUT2D eigenvalue weighted by atomic mass is 31.2. The molecule has 2 aromatic heterocycles. The predicted molar refractivity (Wildman–Crippen MR) is 80.4 cm³/mol. The van der Waals surface area contributed by atoms with Crippen LogP contribution in [0.5, 0.6) is 0 Å². The van der Waals surface area contributed by atoms with Gasteiger partial charge in [0.2, 0.25) is 5.95 Å². The summed E-state index contributed by atoms with van der Waals surface area (Å²) >= 11 is 0. The average molecular weight is 378 g/mol. The molecule has 0 saturated carbocycles. The minimum atomic E-state index is -4.72. The zero-order valence-corrected chi connectivity index (χ0v) is 13.5. The van der Waals surface area contributed by atoms with E-state index in [2.05, 4.69) is 14.5 Å². The number of pyridine rings is 1. The maximum Gasteiger partial charge on any atom is 0.469 e. The topological polar surface area (TPSA) is 173 Å². The molecule has 1 aliphatic rings. The lowest BCUT2D eigenvalue weighted by molar-refractivity contribution is -0.203. The first-order chi connectivity index (χ1) is 11.7. The number of anilines is 1. The molecule has 3 heterocycles. The van der Waals surface area contributed by atoms with E-state index < -0.39 is 44.9 Å². The van der Waals surface area contributed by atoms with Crippen LogP contribution in [0, 0.1) is 5.95 Å². The van der Waals surface area contributed by atoms with Crippen LogP contribution in [0.2, 0.25) is 0 Å². The quantitative estimate of drug-likeness (QED) is 0.337. The monoisotopic (exact) mass is 378 g/mol. The second-order valence-electron chi connectivity index (χ2n) is 5.58. The molecule has 1 fully saturated rings. The van der Waals surface area contributed by atoms with E-state index in [1.54, 1.807) is 0 Å². The Hall–Kier alpha value is -1.66. The van der Waals surface area contributed by atoms with Crippen LogP contribution in [0.4, 0.5) is 10.2 Å². The molecule has 138 valence electrons. The van der Waals surface area contributed by atoms with Crippen molar-refractivity contribution in [2.45, 2.75) is 31.0 Å². The second kappa shape index (κ2) is 6.57. The molecular formula is C12H16FN4O7P. The van der Waals surface area contributed by atoms with Gasteiger partial charge in [-0.1, -0.05) is 0 Å². The fourth-order valence-electron chi connectivity index (χ4n) is 2.68. The molecule has 0 bridgehead atoms. The highest BCUT2D eigenvalue weighted by molar-refractivity contribution is 7.46. The summed E-state index contributed by atoms with van der Waals surface area (Å²) in [5.41, 5.74) is 5.96. The Kier molecular flexibility index (Phi) is 4.77. The summed E-state index contributed by atoms with van der Waals surface area (Å²) in [6.45, 7) is -0.505. The largest absolute Gasteiger partial charge is 0.469 e. The molecule has 1 aliphatic heterocycles. The number of rotatable bonds is 4. The van der Waals surface area contributed by atoms with E-state index >= 15 is 0 Å². The van der Waals surface area contributed by atoms with Crippen molar-refractivity contribution in [1.82, 2.24) is 14.5 Å². The highest BCUT2D eigenvalue weighted by Crippen LogP contribution is 2.38. The molecule has 6 N–H and O–H groups in total. The minimum Gasteiger partial charge on any atom is -0.390 e. The van der Waals surface area contributed by atoms with Crippen molar-refractivity contribution in [3.8, 4) is 0 Å². The van der Waals surface area contributed by atoms with Gasteiger partial charge in [0, 0.05) is 12.5 Å². The molecule has 0 radical (unpaired) electrons. The average Bonchev–Trinajstić information content (AvgIpc) is 2.91. The number of fused-ring (bicyclic) bond motifs is 1. The number of nitrogen functional groups attached to an aromatic ring is 1. The number of ether oxygens (including phenoxy) is 1. The lowest BCUT2D eigenvalue weighted by Gasteiger charge is -2.37. The molecule has 4 unspecified atom stereocenters. The summed E-state index contributed by atoms with van der Waals surface area (Å²) in [5, 5.41) is 20.2. The molecule has 0 aromatic carbocycles. The molecule has 0 aliphatic carbocycles. The van der Waals surface area contributed by atoms with Crippen LogP contribution < -0.4 is 5.73 Å². The number of hydrogen-bond acceptors (Lipinski definition) is 8. The number of aliphatic hydroxyl groups is 2. The number of halogens is 1. The third-order valence-electron chi connectivity index (χ3n) is 3.78. The zero-order valence-electron chi connectivity index (χ0n) is 12.6. The van der Waals surface area contributed by atoms with Crippen molar-refractivity contribution >= 4 is 24.7 Å². The molecule has 11 nitrogen and oxygen atoms in total. The van der Waals surface area contributed by atoms with Gasteiger partial charge in [-0.05, 0) is 0 Å². The van der Waals surface area contributed by atoms with Gasteiger partial charge in [0.15, 0.2) is 12.0 Å². The number of nitrogens with zero attached hydrogens (tertiary/aromatic N) is 3. The summed E-state index contributed by atoms with van der Waals surface area (Å²) in [4.78, 5) is 25.0. The van der Waals surface area contributed by atoms with E-state index in [0.29, 0.717) is 0 Å². The fraction of sp³-hybridized carbons (Fsp3) is 0.500. The first-order valence-corrected chi connectivity index (χ1v) is 8.69. The van der Waals surface area contributed by atoms with Crippen LogP contribution in [-0.2, 0) is 13.8 Å². The van der Waals surface area contributed by atoms with Gasteiger partial charge in [-0.15, -0.1) is 0 Å². The van der Waals surface area contributed by atoms with Gasteiger partial charge in [0.25, 0.3) is 0 Å². The van der Waals surface area contributed by atoms with E-state index in [0.717, 1.165) is 6.07 Å². The number of phosphoric ester groups is 1. The van der Waals surface area contributed by atoms with Crippen molar-refractivity contribution in [3.63, 3.8) is 0 Å². The second-order valence-corrected chi connectivity index (χ2v) is 6.82. The van der Waals surface area contributed by atoms with E-state index in [9.17, 15) is 19.2 Å². The Bertz CT molecular complexity index is 827. The number of phosphoric acid groups is 1. The molecule has 2 aromatic rings. The standard InChI is InChI=1S/C12H16FN4O7P/c13-8-2-6-9(11(14)16-8)15-4-17(6)12-10(19)7(18)1-5(24-12)3-23-25(20,21)22/h2,4-5,7,10,12,18-19H,1,3H2,(H2,14,16)(H2,20,21,22). The smallest absolute Gasteiger partial charge is 0.390 e. The molecule has 4 atom stereocenters. The van der Waals surface area contributed by atoms with Crippen LogP contribution in [-0.4, -0.2) is 59.5 Å².